The van der Waals surface area contributed by atoms with Crippen molar-refractivity contribution in [2.75, 3.05) is 18.6 Å². The molecule has 0 aliphatic carbocycles. The minimum Gasteiger partial charge on any atom is -0.493 e. The van der Waals surface area contributed by atoms with E-state index in [4.69, 9.17) is 4.74 Å². The number of thioether (sulfide) groups is 1. The smallest absolute Gasteiger partial charge is 0.240 e. The highest BCUT2D eigenvalue weighted by molar-refractivity contribution is 7.98. The topological polar surface area (TPSA) is 75.6 Å². The fourth-order valence-corrected chi connectivity index (χ4v) is 3.80. The Morgan fingerprint density at radius 3 is 2.71 bits per heavy atom. The standard InChI is InChI=1S/C14H23NO4S2/c1-4-7-19-14-6-5-13(8-12(14)9-16)21(17,18)15-11(2)10-20-3/h5-6,8,11,15-16H,4,7,9-10H2,1-3H3. The molecule has 0 saturated carbocycles. The van der Waals surface area contributed by atoms with E-state index in [9.17, 15) is 13.5 Å². The van der Waals surface area contributed by atoms with E-state index in [0.717, 1.165) is 6.42 Å². The molecule has 0 bridgehead atoms. The number of aliphatic hydroxyl groups excluding tert-OH is 1. The lowest BCUT2D eigenvalue weighted by molar-refractivity contribution is 0.262. The van der Waals surface area contributed by atoms with E-state index in [-0.39, 0.29) is 17.5 Å². The van der Waals surface area contributed by atoms with Crippen molar-refractivity contribution in [1.29, 1.82) is 0 Å². The molecule has 0 saturated heterocycles. The molecule has 2 N–H and O–H groups in total. The summed E-state index contributed by atoms with van der Waals surface area (Å²) in [6.07, 6.45) is 2.77. The summed E-state index contributed by atoms with van der Waals surface area (Å²) in [5.41, 5.74) is 0.476. The van der Waals surface area contributed by atoms with Gasteiger partial charge in [-0.15, -0.1) is 0 Å². The van der Waals surface area contributed by atoms with E-state index >= 15 is 0 Å². The van der Waals surface area contributed by atoms with Gasteiger partial charge in [-0.1, -0.05) is 6.92 Å². The van der Waals surface area contributed by atoms with Crippen molar-refractivity contribution in [3.05, 3.63) is 23.8 Å². The van der Waals surface area contributed by atoms with Gasteiger partial charge in [-0.05, 0) is 37.8 Å². The normalized spacial score (nSPS) is 13.1. The zero-order valence-corrected chi connectivity index (χ0v) is 14.3. The summed E-state index contributed by atoms with van der Waals surface area (Å²) in [6.45, 7) is 4.07. The first-order valence-corrected chi connectivity index (χ1v) is 9.70. The summed E-state index contributed by atoms with van der Waals surface area (Å²) in [5.74, 6) is 1.22. The molecule has 0 aliphatic heterocycles. The van der Waals surface area contributed by atoms with E-state index in [2.05, 4.69) is 4.72 Å². The Morgan fingerprint density at radius 1 is 1.43 bits per heavy atom. The Kier molecular flexibility index (Phi) is 7.51. The second-order valence-corrected chi connectivity index (χ2v) is 7.38. The molecule has 0 amide bonds. The van der Waals surface area contributed by atoms with Crippen molar-refractivity contribution in [3.63, 3.8) is 0 Å². The van der Waals surface area contributed by atoms with Crippen molar-refractivity contribution in [2.24, 2.45) is 0 Å². The molecule has 0 radical (unpaired) electrons. The van der Waals surface area contributed by atoms with Crippen LogP contribution in [0.1, 0.15) is 25.8 Å². The number of sulfonamides is 1. The van der Waals surface area contributed by atoms with Gasteiger partial charge in [0.1, 0.15) is 5.75 Å². The SMILES string of the molecule is CCCOc1ccc(S(=O)(=O)NC(C)CSC)cc1CO. The second-order valence-electron chi connectivity index (χ2n) is 4.75. The lowest BCUT2D eigenvalue weighted by Crippen LogP contribution is -2.34. The van der Waals surface area contributed by atoms with E-state index < -0.39 is 10.0 Å². The highest BCUT2D eigenvalue weighted by Crippen LogP contribution is 2.23. The van der Waals surface area contributed by atoms with Crippen LogP contribution in [0.2, 0.25) is 0 Å². The van der Waals surface area contributed by atoms with Crippen LogP contribution < -0.4 is 9.46 Å². The Bertz CT molecular complexity index is 546. The number of hydrogen-bond donors (Lipinski definition) is 2. The Labute approximate surface area is 131 Å². The number of aliphatic hydroxyl groups is 1. The molecule has 21 heavy (non-hydrogen) atoms. The van der Waals surface area contributed by atoms with Crippen LogP contribution in [0.3, 0.4) is 0 Å². The summed E-state index contributed by atoms with van der Waals surface area (Å²) in [6, 6.07) is 4.39. The van der Waals surface area contributed by atoms with Gasteiger partial charge in [0.05, 0.1) is 18.1 Å². The molecule has 1 aromatic rings. The third kappa shape index (κ3) is 5.50. The predicted molar refractivity (Wildman–Crippen MR) is 86.3 cm³/mol. The second kappa shape index (κ2) is 8.63. The summed E-state index contributed by atoms with van der Waals surface area (Å²) in [4.78, 5) is 0.142. The minimum atomic E-state index is -3.58. The van der Waals surface area contributed by atoms with Crippen LogP contribution in [-0.2, 0) is 16.6 Å². The van der Waals surface area contributed by atoms with E-state index in [1.165, 1.54) is 12.1 Å². The molecule has 0 spiro atoms. The van der Waals surface area contributed by atoms with Crippen LogP contribution in [0.25, 0.3) is 0 Å². The van der Waals surface area contributed by atoms with Crippen LogP contribution in [0.15, 0.2) is 23.1 Å². The molecule has 1 atom stereocenters. The first kappa shape index (κ1) is 18.3. The fourth-order valence-electron chi connectivity index (χ4n) is 1.82. The molecule has 1 rings (SSSR count). The van der Waals surface area contributed by atoms with Crippen LogP contribution in [0, 0.1) is 0 Å². The maximum Gasteiger partial charge on any atom is 0.240 e. The Hall–Kier alpha value is -0.760. The van der Waals surface area contributed by atoms with E-state index in [1.54, 1.807) is 17.8 Å². The largest absolute Gasteiger partial charge is 0.493 e. The fraction of sp³-hybridized carbons (Fsp3) is 0.571. The lowest BCUT2D eigenvalue weighted by Gasteiger charge is -2.15. The molecule has 5 nitrogen and oxygen atoms in total. The van der Waals surface area contributed by atoms with Gasteiger partial charge < -0.3 is 9.84 Å². The van der Waals surface area contributed by atoms with Gasteiger partial charge in [0.15, 0.2) is 0 Å². The third-order valence-electron chi connectivity index (χ3n) is 2.75. The van der Waals surface area contributed by atoms with E-state index in [0.29, 0.717) is 23.7 Å². The van der Waals surface area contributed by atoms with Gasteiger partial charge >= 0.3 is 0 Å². The number of rotatable bonds is 9. The highest BCUT2D eigenvalue weighted by Gasteiger charge is 2.18. The van der Waals surface area contributed by atoms with Gasteiger partial charge in [0.25, 0.3) is 0 Å². The quantitative estimate of drug-likeness (QED) is 0.723. The average molecular weight is 333 g/mol. The van der Waals surface area contributed by atoms with Crippen molar-refractivity contribution in [3.8, 4) is 5.75 Å². The van der Waals surface area contributed by atoms with Gasteiger partial charge in [-0.2, -0.15) is 11.8 Å². The third-order valence-corrected chi connectivity index (χ3v) is 5.17. The first-order chi connectivity index (χ1) is 9.94. The molecule has 0 aromatic heterocycles. The number of benzene rings is 1. The zero-order chi connectivity index (χ0) is 15.9. The van der Waals surface area contributed by atoms with Crippen molar-refractivity contribution < 1.29 is 18.3 Å². The van der Waals surface area contributed by atoms with Crippen molar-refractivity contribution >= 4 is 21.8 Å². The molecular weight excluding hydrogens is 310 g/mol. The summed E-state index contributed by atoms with van der Waals surface area (Å²) >= 11 is 1.58. The molecule has 0 fully saturated rings. The van der Waals surface area contributed by atoms with Crippen molar-refractivity contribution in [1.82, 2.24) is 4.72 Å². The molecule has 1 unspecified atom stereocenters. The van der Waals surface area contributed by atoms with Gasteiger partial charge in [-0.25, -0.2) is 13.1 Å². The van der Waals surface area contributed by atoms with Crippen molar-refractivity contribution in [2.45, 2.75) is 37.8 Å². The van der Waals surface area contributed by atoms with Crippen LogP contribution in [0.4, 0.5) is 0 Å². The lowest BCUT2D eigenvalue weighted by atomic mass is 10.2. The average Bonchev–Trinajstić information content (AvgIpc) is 2.44. The van der Waals surface area contributed by atoms with Gasteiger partial charge in [0.2, 0.25) is 10.0 Å². The van der Waals surface area contributed by atoms with Gasteiger partial charge in [-0.3, -0.25) is 0 Å². The predicted octanol–water partition coefficient (Wildman–Crippen LogP) is 2.00. The number of ether oxygens (including phenoxy) is 1. The molecular formula is C14H23NO4S2. The molecule has 7 heteroatoms. The summed E-state index contributed by atoms with van der Waals surface area (Å²) in [5, 5.41) is 9.38. The number of nitrogens with one attached hydrogen (secondary N) is 1. The Morgan fingerprint density at radius 2 is 2.14 bits per heavy atom. The molecule has 1 aromatic carbocycles. The highest BCUT2D eigenvalue weighted by atomic mass is 32.2. The Balaban J connectivity index is 2.97. The first-order valence-electron chi connectivity index (χ1n) is 6.82. The summed E-state index contributed by atoms with van der Waals surface area (Å²) in [7, 11) is -3.58. The molecule has 0 heterocycles. The molecule has 120 valence electrons. The zero-order valence-electron chi connectivity index (χ0n) is 12.6. The van der Waals surface area contributed by atoms with Gasteiger partial charge in [0, 0.05) is 17.4 Å². The molecule has 0 aliphatic rings. The summed E-state index contributed by atoms with van der Waals surface area (Å²) < 4.78 is 32.6. The van der Waals surface area contributed by atoms with E-state index in [1.807, 2.05) is 20.1 Å². The monoisotopic (exact) mass is 333 g/mol. The van der Waals surface area contributed by atoms with Crippen LogP contribution in [0.5, 0.6) is 5.75 Å². The maximum atomic E-state index is 12.3. The van der Waals surface area contributed by atoms with Crippen LogP contribution >= 0.6 is 11.8 Å². The minimum absolute atomic E-state index is 0.142. The van der Waals surface area contributed by atoms with Crippen LogP contribution in [-0.4, -0.2) is 38.2 Å². The number of hydrogen-bond acceptors (Lipinski definition) is 5. The maximum absolute atomic E-state index is 12.3.